The third-order valence-electron chi connectivity index (χ3n) is 4.50. The molecule has 0 aliphatic carbocycles. The summed E-state index contributed by atoms with van der Waals surface area (Å²) in [5.74, 6) is 0.0527. The number of nitrogens with zero attached hydrogens (tertiary/aromatic N) is 1. The number of hydrogen-bond donors (Lipinski definition) is 2. The van der Waals surface area contributed by atoms with E-state index in [-0.39, 0.29) is 25.0 Å². The predicted octanol–water partition coefficient (Wildman–Crippen LogP) is 2.62. The molecule has 1 fully saturated rings. The highest BCUT2D eigenvalue weighted by Gasteiger charge is 2.33. The van der Waals surface area contributed by atoms with E-state index in [2.05, 4.69) is 5.32 Å². The smallest absolute Gasteiger partial charge is 0.266 e. The molecule has 2 N–H and O–H groups in total. The summed E-state index contributed by atoms with van der Waals surface area (Å²) in [6.07, 6.45) is 2.24. The fourth-order valence-electron chi connectivity index (χ4n) is 2.96. The summed E-state index contributed by atoms with van der Waals surface area (Å²) in [6, 6.07) is 16.4. The summed E-state index contributed by atoms with van der Waals surface area (Å²) in [4.78, 5) is 26.9. The van der Waals surface area contributed by atoms with E-state index in [0.29, 0.717) is 15.6 Å². The number of aliphatic hydroxyl groups is 1. The lowest BCUT2D eigenvalue weighted by molar-refractivity contribution is -0.129. The molecule has 156 valence electrons. The van der Waals surface area contributed by atoms with Crippen molar-refractivity contribution in [3.8, 4) is 5.75 Å². The van der Waals surface area contributed by atoms with E-state index < -0.39 is 6.04 Å². The summed E-state index contributed by atoms with van der Waals surface area (Å²) in [7, 11) is 1.59. The molecule has 1 heterocycles. The highest BCUT2D eigenvalue weighted by Crippen LogP contribution is 2.32. The molecule has 3 rings (SSSR count). The molecule has 1 aliphatic heterocycles. The Morgan fingerprint density at radius 2 is 1.93 bits per heavy atom. The molecule has 1 unspecified atom stereocenters. The molecular formula is C22H22N2O4S2. The molecule has 0 spiro atoms. The van der Waals surface area contributed by atoms with Gasteiger partial charge in [0.2, 0.25) is 5.91 Å². The van der Waals surface area contributed by atoms with Gasteiger partial charge in [-0.1, -0.05) is 66.4 Å². The van der Waals surface area contributed by atoms with Crippen LogP contribution in [0.25, 0.3) is 6.08 Å². The van der Waals surface area contributed by atoms with Crippen molar-refractivity contribution in [1.82, 2.24) is 10.2 Å². The number of carbonyl (C=O) groups excluding carboxylic acids is 2. The summed E-state index contributed by atoms with van der Waals surface area (Å²) in [5.41, 5.74) is 1.84. The maximum atomic E-state index is 12.7. The van der Waals surface area contributed by atoms with Gasteiger partial charge in [-0.2, -0.15) is 0 Å². The molecule has 0 bridgehead atoms. The quantitative estimate of drug-likeness (QED) is 0.483. The molecule has 2 aromatic carbocycles. The van der Waals surface area contributed by atoms with E-state index in [1.807, 2.05) is 54.6 Å². The molecule has 6 nitrogen and oxygen atoms in total. The minimum atomic E-state index is -0.437. The molecule has 30 heavy (non-hydrogen) atoms. The SMILES string of the molecule is COc1ccc(/C=C2\SC(=S)N(CC(=O)NC(CO)Cc3ccccc3)C2=O)cc1. The van der Waals surface area contributed by atoms with Gasteiger partial charge in [-0.15, -0.1) is 0 Å². The Labute approximate surface area is 184 Å². The van der Waals surface area contributed by atoms with E-state index in [1.165, 1.54) is 4.90 Å². The first-order valence-electron chi connectivity index (χ1n) is 9.33. The number of benzene rings is 2. The summed E-state index contributed by atoms with van der Waals surface area (Å²) in [5, 5.41) is 12.4. The first-order chi connectivity index (χ1) is 14.5. The molecule has 0 radical (unpaired) electrons. The predicted molar refractivity (Wildman–Crippen MR) is 122 cm³/mol. The van der Waals surface area contributed by atoms with Gasteiger partial charge in [0.1, 0.15) is 16.6 Å². The Kier molecular flexibility index (Phi) is 7.62. The zero-order chi connectivity index (χ0) is 21.5. The second kappa shape index (κ2) is 10.4. The first-order valence-corrected chi connectivity index (χ1v) is 10.6. The van der Waals surface area contributed by atoms with E-state index in [1.54, 1.807) is 13.2 Å². The number of amides is 2. The van der Waals surface area contributed by atoms with Crippen molar-refractivity contribution in [2.75, 3.05) is 20.3 Å². The summed E-state index contributed by atoms with van der Waals surface area (Å²) in [6.45, 7) is -0.383. The molecular weight excluding hydrogens is 420 g/mol. The monoisotopic (exact) mass is 442 g/mol. The normalized spacial score (nSPS) is 16.1. The third kappa shape index (κ3) is 5.69. The number of ether oxygens (including phenoxy) is 1. The van der Waals surface area contributed by atoms with Crippen LogP contribution in [0, 0.1) is 0 Å². The molecule has 2 amide bonds. The second-order valence-corrected chi connectivity index (χ2v) is 8.35. The minimum absolute atomic E-state index is 0.185. The summed E-state index contributed by atoms with van der Waals surface area (Å²) < 4.78 is 5.46. The van der Waals surface area contributed by atoms with Crippen LogP contribution in [0.1, 0.15) is 11.1 Å². The van der Waals surface area contributed by atoms with Gasteiger partial charge in [0.25, 0.3) is 5.91 Å². The molecule has 1 atom stereocenters. The Balaban J connectivity index is 1.61. The van der Waals surface area contributed by atoms with Crippen molar-refractivity contribution in [2.45, 2.75) is 12.5 Å². The van der Waals surface area contributed by atoms with Crippen molar-refractivity contribution in [2.24, 2.45) is 0 Å². The first kappa shape index (κ1) is 22.0. The fourth-order valence-corrected chi connectivity index (χ4v) is 4.22. The van der Waals surface area contributed by atoms with Gasteiger partial charge in [-0.25, -0.2) is 0 Å². The maximum Gasteiger partial charge on any atom is 0.266 e. The van der Waals surface area contributed by atoms with Crippen molar-refractivity contribution in [3.63, 3.8) is 0 Å². The minimum Gasteiger partial charge on any atom is -0.497 e. The van der Waals surface area contributed by atoms with Crippen molar-refractivity contribution < 1.29 is 19.4 Å². The van der Waals surface area contributed by atoms with E-state index in [4.69, 9.17) is 17.0 Å². The van der Waals surface area contributed by atoms with E-state index in [0.717, 1.165) is 28.6 Å². The Morgan fingerprint density at radius 3 is 2.57 bits per heavy atom. The Bertz CT molecular complexity index is 945. The lowest BCUT2D eigenvalue weighted by atomic mass is 10.1. The number of thioether (sulfide) groups is 1. The van der Waals surface area contributed by atoms with Crippen LogP contribution in [0.3, 0.4) is 0 Å². The topological polar surface area (TPSA) is 78.9 Å². The van der Waals surface area contributed by atoms with Crippen LogP contribution in [0.5, 0.6) is 5.75 Å². The molecule has 0 aromatic heterocycles. The summed E-state index contributed by atoms with van der Waals surface area (Å²) >= 11 is 6.46. The fraction of sp³-hybridized carbons (Fsp3) is 0.227. The van der Waals surface area contributed by atoms with Crippen LogP contribution in [0.2, 0.25) is 0 Å². The highest BCUT2D eigenvalue weighted by atomic mass is 32.2. The van der Waals surface area contributed by atoms with Crippen LogP contribution in [-0.4, -0.2) is 52.4 Å². The number of rotatable bonds is 8. The molecule has 8 heteroatoms. The molecule has 0 saturated carbocycles. The van der Waals surface area contributed by atoms with Gasteiger partial charge in [-0.3, -0.25) is 14.5 Å². The van der Waals surface area contributed by atoms with Crippen LogP contribution in [0.4, 0.5) is 0 Å². The molecule has 1 saturated heterocycles. The van der Waals surface area contributed by atoms with E-state index >= 15 is 0 Å². The number of hydrogen-bond acceptors (Lipinski definition) is 6. The zero-order valence-electron chi connectivity index (χ0n) is 16.4. The van der Waals surface area contributed by atoms with Gasteiger partial charge in [0, 0.05) is 0 Å². The third-order valence-corrected chi connectivity index (χ3v) is 5.88. The Morgan fingerprint density at radius 1 is 1.23 bits per heavy atom. The van der Waals surface area contributed by atoms with Gasteiger partial charge in [-0.05, 0) is 35.8 Å². The van der Waals surface area contributed by atoms with Crippen LogP contribution in [-0.2, 0) is 16.0 Å². The molecule has 1 aliphatic rings. The van der Waals surface area contributed by atoms with E-state index in [9.17, 15) is 14.7 Å². The molecule has 2 aromatic rings. The number of nitrogens with one attached hydrogen (secondary N) is 1. The standard InChI is InChI=1S/C22H22N2O4S2/c1-28-18-9-7-16(8-10-18)12-19-21(27)24(22(29)30-19)13-20(26)23-17(14-25)11-15-5-3-2-4-6-15/h2-10,12,17,25H,11,13-14H2,1H3,(H,23,26)/b19-12-. The van der Waals surface area contributed by atoms with Crippen molar-refractivity contribution in [3.05, 3.63) is 70.6 Å². The van der Waals surface area contributed by atoms with Gasteiger partial charge < -0.3 is 15.2 Å². The largest absolute Gasteiger partial charge is 0.497 e. The van der Waals surface area contributed by atoms with Crippen LogP contribution >= 0.6 is 24.0 Å². The highest BCUT2D eigenvalue weighted by molar-refractivity contribution is 8.26. The van der Waals surface area contributed by atoms with Crippen molar-refractivity contribution in [1.29, 1.82) is 0 Å². The number of methoxy groups -OCH3 is 1. The second-order valence-electron chi connectivity index (χ2n) is 6.68. The number of aliphatic hydroxyl groups excluding tert-OH is 1. The average molecular weight is 443 g/mol. The van der Waals surface area contributed by atoms with Gasteiger partial charge in [0.05, 0.1) is 24.7 Å². The Hall–Kier alpha value is -2.68. The zero-order valence-corrected chi connectivity index (χ0v) is 18.0. The maximum absolute atomic E-state index is 12.7. The lowest BCUT2D eigenvalue weighted by Gasteiger charge is -2.19. The average Bonchev–Trinajstić information content (AvgIpc) is 3.01. The number of thiocarbonyl (C=S) groups is 1. The van der Waals surface area contributed by atoms with Crippen LogP contribution < -0.4 is 10.1 Å². The number of carbonyl (C=O) groups is 2. The lowest BCUT2D eigenvalue weighted by Crippen LogP contribution is -2.45. The van der Waals surface area contributed by atoms with Gasteiger partial charge >= 0.3 is 0 Å². The van der Waals surface area contributed by atoms with Crippen LogP contribution in [0.15, 0.2) is 59.5 Å². The van der Waals surface area contributed by atoms with Crippen molar-refractivity contribution >= 4 is 46.2 Å². The van der Waals surface area contributed by atoms with Gasteiger partial charge in [0.15, 0.2) is 0 Å².